The van der Waals surface area contributed by atoms with Crippen LogP contribution in [-0.2, 0) is 9.47 Å². The van der Waals surface area contributed by atoms with E-state index in [1.807, 2.05) is 24.3 Å². The molecule has 1 aromatic carbocycles. The molecule has 0 saturated carbocycles. The highest BCUT2D eigenvalue weighted by Crippen LogP contribution is 2.16. The van der Waals surface area contributed by atoms with Crippen LogP contribution in [0.3, 0.4) is 0 Å². The molecule has 0 spiro atoms. The van der Waals surface area contributed by atoms with Crippen LogP contribution in [0.25, 0.3) is 0 Å². The van der Waals surface area contributed by atoms with Crippen molar-refractivity contribution in [3.63, 3.8) is 0 Å². The third kappa shape index (κ3) is 5.93. The quantitative estimate of drug-likeness (QED) is 0.812. The molecule has 0 bridgehead atoms. The average Bonchev–Trinajstić information content (AvgIpc) is 2.52. The van der Waals surface area contributed by atoms with Crippen LogP contribution in [-0.4, -0.2) is 43.7 Å². The molecule has 1 fully saturated rings. The predicted octanol–water partition coefficient (Wildman–Crippen LogP) is 2.55. The van der Waals surface area contributed by atoms with E-state index in [4.69, 9.17) is 21.1 Å². The zero-order valence-electron chi connectivity index (χ0n) is 12.4. The predicted molar refractivity (Wildman–Crippen MR) is 83.7 cm³/mol. The summed E-state index contributed by atoms with van der Waals surface area (Å²) in [4.78, 5) is 0. The first-order chi connectivity index (χ1) is 10.1. The zero-order valence-corrected chi connectivity index (χ0v) is 13.2. The van der Waals surface area contributed by atoms with E-state index in [-0.39, 0.29) is 12.1 Å². The summed E-state index contributed by atoms with van der Waals surface area (Å²) in [5, 5.41) is 14.0. The van der Waals surface area contributed by atoms with Gasteiger partial charge in [-0.1, -0.05) is 23.7 Å². The first kappa shape index (κ1) is 16.7. The van der Waals surface area contributed by atoms with Gasteiger partial charge in [0.1, 0.15) is 0 Å². The normalized spacial score (nSPS) is 19.4. The van der Waals surface area contributed by atoms with Crippen molar-refractivity contribution < 1.29 is 14.6 Å². The van der Waals surface area contributed by atoms with Gasteiger partial charge < -0.3 is 19.9 Å². The molecular formula is C16H24ClNO3. The molecular weight excluding hydrogens is 290 g/mol. The van der Waals surface area contributed by atoms with Crippen molar-refractivity contribution in [3.05, 3.63) is 34.9 Å². The van der Waals surface area contributed by atoms with Crippen LogP contribution < -0.4 is 5.32 Å². The third-order valence-electron chi connectivity index (χ3n) is 3.72. The van der Waals surface area contributed by atoms with Crippen molar-refractivity contribution in [2.45, 2.75) is 38.0 Å². The highest BCUT2D eigenvalue weighted by Gasteiger charge is 2.16. The van der Waals surface area contributed by atoms with E-state index in [9.17, 15) is 5.11 Å². The van der Waals surface area contributed by atoms with Gasteiger partial charge in [0.2, 0.25) is 0 Å². The second-order valence-electron chi connectivity index (χ2n) is 5.48. The summed E-state index contributed by atoms with van der Waals surface area (Å²) in [5.41, 5.74) is 1.15. The Hall–Kier alpha value is -0.650. The van der Waals surface area contributed by atoms with Gasteiger partial charge in [0.05, 0.1) is 18.8 Å². The van der Waals surface area contributed by atoms with E-state index in [0.29, 0.717) is 13.2 Å². The third-order valence-corrected chi connectivity index (χ3v) is 3.97. The Kier molecular flexibility index (Phi) is 6.93. The van der Waals surface area contributed by atoms with E-state index >= 15 is 0 Å². The van der Waals surface area contributed by atoms with Crippen molar-refractivity contribution in [2.24, 2.45) is 0 Å². The number of ether oxygens (including phenoxy) is 2. The maximum atomic E-state index is 9.98. The van der Waals surface area contributed by atoms with Gasteiger partial charge in [0.15, 0.2) is 0 Å². The Bertz CT molecular complexity index is 406. The average molecular weight is 314 g/mol. The number of halogens is 1. The highest BCUT2D eigenvalue weighted by molar-refractivity contribution is 6.30. The number of aliphatic hydroxyl groups excluding tert-OH is 1. The summed E-state index contributed by atoms with van der Waals surface area (Å²) in [5.74, 6) is 0. The molecule has 1 heterocycles. The monoisotopic (exact) mass is 313 g/mol. The van der Waals surface area contributed by atoms with Gasteiger partial charge in [-0.25, -0.2) is 0 Å². The largest absolute Gasteiger partial charge is 0.389 e. The lowest BCUT2D eigenvalue weighted by atomic mass is 10.1. The molecule has 21 heavy (non-hydrogen) atoms. The summed E-state index contributed by atoms with van der Waals surface area (Å²) in [6, 6.07) is 7.90. The summed E-state index contributed by atoms with van der Waals surface area (Å²) in [6.07, 6.45) is 1.56. The van der Waals surface area contributed by atoms with Gasteiger partial charge in [-0.3, -0.25) is 0 Å². The number of aliphatic hydroxyl groups is 1. The summed E-state index contributed by atoms with van der Waals surface area (Å²) < 4.78 is 11.0. The van der Waals surface area contributed by atoms with Crippen molar-refractivity contribution in [2.75, 3.05) is 26.4 Å². The molecule has 0 aliphatic carbocycles. The lowest BCUT2D eigenvalue weighted by Crippen LogP contribution is -2.34. The molecule has 5 heteroatoms. The highest BCUT2D eigenvalue weighted by atomic mass is 35.5. The van der Waals surface area contributed by atoms with E-state index < -0.39 is 6.10 Å². The van der Waals surface area contributed by atoms with E-state index in [0.717, 1.165) is 36.6 Å². The number of hydrogen-bond donors (Lipinski definition) is 2. The smallest absolute Gasteiger partial charge is 0.0898 e. The van der Waals surface area contributed by atoms with Crippen LogP contribution >= 0.6 is 11.6 Å². The van der Waals surface area contributed by atoms with Crippen molar-refractivity contribution in [1.29, 1.82) is 0 Å². The van der Waals surface area contributed by atoms with E-state index in [1.165, 1.54) is 0 Å². The zero-order chi connectivity index (χ0) is 15.1. The van der Waals surface area contributed by atoms with Gasteiger partial charge in [0.25, 0.3) is 0 Å². The Labute approximate surface area is 131 Å². The fourth-order valence-electron chi connectivity index (χ4n) is 2.33. The fourth-order valence-corrected chi connectivity index (χ4v) is 2.46. The van der Waals surface area contributed by atoms with Crippen molar-refractivity contribution in [1.82, 2.24) is 5.32 Å². The van der Waals surface area contributed by atoms with Gasteiger partial charge in [0, 0.05) is 30.8 Å². The maximum absolute atomic E-state index is 9.98. The van der Waals surface area contributed by atoms with Crippen molar-refractivity contribution in [3.8, 4) is 0 Å². The second-order valence-corrected chi connectivity index (χ2v) is 5.92. The molecule has 0 aromatic heterocycles. The first-order valence-corrected chi connectivity index (χ1v) is 7.89. The van der Waals surface area contributed by atoms with E-state index in [2.05, 4.69) is 12.2 Å². The molecule has 2 N–H and O–H groups in total. The number of nitrogens with one attached hydrogen (secondary N) is 1. The van der Waals surface area contributed by atoms with Gasteiger partial charge in [-0.05, 0) is 37.5 Å². The van der Waals surface area contributed by atoms with Crippen LogP contribution in [0.15, 0.2) is 24.3 Å². The minimum atomic E-state index is -0.498. The molecule has 1 saturated heterocycles. The van der Waals surface area contributed by atoms with Crippen LogP contribution in [0.4, 0.5) is 0 Å². The number of hydrogen-bond acceptors (Lipinski definition) is 4. The summed E-state index contributed by atoms with van der Waals surface area (Å²) >= 11 is 5.87. The molecule has 118 valence electrons. The molecule has 1 aliphatic heterocycles. The van der Waals surface area contributed by atoms with Gasteiger partial charge in [-0.2, -0.15) is 0 Å². The maximum Gasteiger partial charge on any atom is 0.0898 e. The Balaban J connectivity index is 1.65. The fraction of sp³-hybridized carbons (Fsp3) is 0.625. The molecule has 2 rings (SSSR count). The Morgan fingerprint density at radius 1 is 1.33 bits per heavy atom. The van der Waals surface area contributed by atoms with Gasteiger partial charge in [-0.15, -0.1) is 0 Å². The number of benzene rings is 1. The van der Waals surface area contributed by atoms with Gasteiger partial charge >= 0.3 is 0 Å². The second kappa shape index (κ2) is 8.71. The first-order valence-electron chi connectivity index (χ1n) is 7.51. The Morgan fingerprint density at radius 2 is 2.00 bits per heavy atom. The van der Waals surface area contributed by atoms with Crippen LogP contribution in [0.2, 0.25) is 5.02 Å². The molecule has 1 aliphatic rings. The lowest BCUT2D eigenvalue weighted by Gasteiger charge is -2.24. The molecule has 2 unspecified atom stereocenters. The lowest BCUT2D eigenvalue weighted by molar-refractivity contribution is -0.0588. The Morgan fingerprint density at radius 3 is 2.67 bits per heavy atom. The molecule has 1 aromatic rings. The summed E-state index contributed by atoms with van der Waals surface area (Å²) in [7, 11) is 0. The molecule has 4 nitrogen and oxygen atoms in total. The minimum Gasteiger partial charge on any atom is -0.389 e. The van der Waals surface area contributed by atoms with Crippen LogP contribution in [0, 0.1) is 0 Å². The summed E-state index contributed by atoms with van der Waals surface area (Å²) in [6.45, 7) is 4.45. The molecule has 0 amide bonds. The molecule has 0 radical (unpaired) electrons. The number of rotatable bonds is 7. The molecule has 2 atom stereocenters. The van der Waals surface area contributed by atoms with Crippen LogP contribution in [0.1, 0.15) is 31.4 Å². The SMILES string of the molecule is CC(NCC(O)COC1CCOCC1)c1ccc(Cl)cc1. The van der Waals surface area contributed by atoms with Crippen LogP contribution in [0.5, 0.6) is 0 Å². The standard InChI is InChI=1S/C16H24ClNO3/c1-12(13-2-4-14(17)5-3-13)18-10-15(19)11-21-16-6-8-20-9-7-16/h2-5,12,15-16,18-19H,6-11H2,1H3. The minimum absolute atomic E-state index is 0.167. The van der Waals surface area contributed by atoms with Crippen molar-refractivity contribution >= 4 is 11.6 Å². The van der Waals surface area contributed by atoms with E-state index in [1.54, 1.807) is 0 Å². The topological polar surface area (TPSA) is 50.7 Å².